The van der Waals surface area contributed by atoms with Gasteiger partial charge < -0.3 is 10.1 Å². The highest BCUT2D eigenvalue weighted by Gasteiger charge is 2.13. The largest absolute Gasteiger partial charge is 0.454 e. The van der Waals surface area contributed by atoms with Crippen LogP contribution >= 0.6 is 27.3 Å². The van der Waals surface area contributed by atoms with Gasteiger partial charge in [-0.05, 0) is 41.8 Å². The lowest BCUT2D eigenvalue weighted by molar-refractivity contribution is 0.0474. The fourth-order valence-corrected chi connectivity index (χ4v) is 3.14. The van der Waals surface area contributed by atoms with Crippen LogP contribution in [-0.2, 0) is 4.74 Å². The summed E-state index contributed by atoms with van der Waals surface area (Å²) in [7, 11) is 0. The number of esters is 1. The van der Waals surface area contributed by atoms with E-state index in [1.54, 1.807) is 54.6 Å². The molecule has 3 rings (SSSR count). The summed E-state index contributed by atoms with van der Waals surface area (Å²) in [6.07, 6.45) is 0. The van der Waals surface area contributed by atoms with E-state index in [-0.39, 0.29) is 23.9 Å². The molecule has 2 aromatic carbocycles. The third-order valence-electron chi connectivity index (χ3n) is 3.60. The van der Waals surface area contributed by atoms with Gasteiger partial charge in [-0.25, -0.2) is 4.79 Å². The summed E-state index contributed by atoms with van der Waals surface area (Å²) in [6.45, 7) is -0.355. The molecule has 0 saturated heterocycles. The Balaban J connectivity index is 1.60. The SMILES string of the molecule is O=C(COC(=O)c1cccc(NC(=O)c2cccs2)c1)c1ccc(Br)cc1. The Morgan fingerprint density at radius 3 is 2.44 bits per heavy atom. The van der Waals surface area contributed by atoms with E-state index in [0.29, 0.717) is 16.1 Å². The molecular formula is C20H14BrNO4S. The van der Waals surface area contributed by atoms with Crippen LogP contribution in [0.3, 0.4) is 0 Å². The van der Waals surface area contributed by atoms with E-state index < -0.39 is 5.97 Å². The molecule has 0 aliphatic heterocycles. The van der Waals surface area contributed by atoms with Gasteiger partial charge in [0.15, 0.2) is 12.4 Å². The second-order valence-corrected chi connectivity index (χ2v) is 7.38. The number of anilines is 1. The van der Waals surface area contributed by atoms with Crippen LogP contribution in [0.25, 0.3) is 0 Å². The van der Waals surface area contributed by atoms with Crippen molar-refractivity contribution in [3.63, 3.8) is 0 Å². The summed E-state index contributed by atoms with van der Waals surface area (Å²) < 4.78 is 5.95. The molecule has 7 heteroatoms. The number of hydrogen-bond donors (Lipinski definition) is 1. The first-order chi connectivity index (χ1) is 13.0. The summed E-state index contributed by atoms with van der Waals surface area (Å²) >= 11 is 4.62. The van der Waals surface area contributed by atoms with E-state index in [9.17, 15) is 14.4 Å². The molecule has 1 aromatic heterocycles. The van der Waals surface area contributed by atoms with Crippen molar-refractivity contribution in [2.75, 3.05) is 11.9 Å². The number of nitrogens with one attached hydrogen (secondary N) is 1. The highest BCUT2D eigenvalue weighted by atomic mass is 79.9. The monoisotopic (exact) mass is 443 g/mol. The van der Waals surface area contributed by atoms with E-state index in [2.05, 4.69) is 21.2 Å². The number of Topliss-reactive ketones (excluding diaryl/α,β-unsaturated/α-hetero) is 1. The normalized spacial score (nSPS) is 10.3. The molecule has 0 radical (unpaired) electrons. The van der Waals surface area contributed by atoms with Crippen LogP contribution in [0.4, 0.5) is 5.69 Å². The molecule has 0 atom stereocenters. The Morgan fingerprint density at radius 2 is 1.74 bits per heavy atom. The number of hydrogen-bond acceptors (Lipinski definition) is 5. The van der Waals surface area contributed by atoms with Gasteiger partial charge in [0.2, 0.25) is 0 Å². The van der Waals surface area contributed by atoms with Crippen molar-refractivity contribution in [3.05, 3.63) is 86.5 Å². The smallest absolute Gasteiger partial charge is 0.338 e. The number of ether oxygens (including phenoxy) is 1. The zero-order chi connectivity index (χ0) is 19.2. The van der Waals surface area contributed by atoms with Crippen LogP contribution < -0.4 is 5.32 Å². The van der Waals surface area contributed by atoms with Crippen LogP contribution in [0, 0.1) is 0 Å². The summed E-state index contributed by atoms with van der Waals surface area (Å²) in [6, 6.07) is 16.7. The first-order valence-corrected chi connectivity index (χ1v) is 9.61. The molecule has 136 valence electrons. The predicted molar refractivity (Wildman–Crippen MR) is 107 cm³/mol. The van der Waals surface area contributed by atoms with E-state index >= 15 is 0 Å². The predicted octanol–water partition coefficient (Wildman–Crippen LogP) is 4.80. The van der Waals surface area contributed by atoms with E-state index in [4.69, 9.17) is 4.74 Å². The molecule has 1 amide bonds. The molecule has 0 unspecified atom stereocenters. The van der Waals surface area contributed by atoms with Gasteiger partial charge in [0.25, 0.3) is 5.91 Å². The molecule has 0 spiro atoms. The second-order valence-electron chi connectivity index (χ2n) is 5.52. The maximum absolute atomic E-state index is 12.2. The maximum Gasteiger partial charge on any atom is 0.338 e. The Labute approximate surface area is 168 Å². The summed E-state index contributed by atoms with van der Waals surface area (Å²) in [5, 5.41) is 4.54. The van der Waals surface area contributed by atoms with Gasteiger partial charge in [-0.1, -0.05) is 40.2 Å². The van der Waals surface area contributed by atoms with E-state index in [0.717, 1.165) is 4.47 Å². The van der Waals surface area contributed by atoms with Crippen molar-refractivity contribution in [1.29, 1.82) is 0 Å². The van der Waals surface area contributed by atoms with Crippen molar-refractivity contribution in [3.8, 4) is 0 Å². The number of thiophene rings is 1. The Morgan fingerprint density at radius 1 is 0.963 bits per heavy atom. The Hall–Kier alpha value is -2.77. The van der Waals surface area contributed by atoms with Gasteiger partial charge in [-0.2, -0.15) is 0 Å². The van der Waals surface area contributed by atoms with Crippen molar-refractivity contribution in [1.82, 2.24) is 0 Å². The molecule has 3 aromatic rings. The quantitative estimate of drug-likeness (QED) is 0.438. The minimum Gasteiger partial charge on any atom is -0.454 e. The molecule has 0 saturated carbocycles. The highest BCUT2D eigenvalue weighted by Crippen LogP contribution is 2.16. The Kier molecular flexibility index (Phi) is 6.16. The number of benzene rings is 2. The standard InChI is InChI=1S/C20H14BrNO4S/c21-15-8-6-13(7-9-15)17(23)12-26-20(25)14-3-1-4-16(11-14)22-19(24)18-5-2-10-27-18/h1-11H,12H2,(H,22,24). The molecule has 0 fully saturated rings. The van der Waals surface area contributed by atoms with Crippen molar-refractivity contribution < 1.29 is 19.1 Å². The molecule has 0 bridgehead atoms. The average molecular weight is 444 g/mol. The number of carbonyl (C=O) groups excluding carboxylic acids is 3. The molecule has 0 aliphatic carbocycles. The fraction of sp³-hybridized carbons (Fsp3) is 0.0500. The number of rotatable bonds is 6. The molecule has 1 N–H and O–H groups in total. The molecule has 0 aliphatic rings. The lowest BCUT2D eigenvalue weighted by Crippen LogP contribution is -2.15. The topological polar surface area (TPSA) is 72.5 Å². The van der Waals surface area contributed by atoms with Gasteiger partial charge in [0, 0.05) is 15.7 Å². The lowest BCUT2D eigenvalue weighted by Gasteiger charge is -2.07. The van der Waals surface area contributed by atoms with E-state index in [1.165, 1.54) is 17.4 Å². The van der Waals surface area contributed by atoms with Crippen LogP contribution in [0.15, 0.2) is 70.5 Å². The first kappa shape index (κ1) is 19.0. The zero-order valence-corrected chi connectivity index (χ0v) is 16.4. The van der Waals surface area contributed by atoms with Crippen LogP contribution in [0.1, 0.15) is 30.4 Å². The first-order valence-electron chi connectivity index (χ1n) is 7.94. The van der Waals surface area contributed by atoms with Gasteiger partial charge in [-0.3, -0.25) is 9.59 Å². The summed E-state index contributed by atoms with van der Waals surface area (Å²) in [5.41, 5.74) is 1.19. The average Bonchev–Trinajstić information content (AvgIpc) is 3.21. The molecular weight excluding hydrogens is 430 g/mol. The third-order valence-corrected chi connectivity index (χ3v) is 5.00. The summed E-state index contributed by atoms with van der Waals surface area (Å²) in [5.74, 6) is -1.17. The van der Waals surface area contributed by atoms with Crippen LogP contribution in [0.2, 0.25) is 0 Å². The number of carbonyl (C=O) groups is 3. The Bertz CT molecular complexity index is 968. The van der Waals surface area contributed by atoms with Crippen LogP contribution in [0.5, 0.6) is 0 Å². The second kappa shape index (κ2) is 8.75. The zero-order valence-electron chi connectivity index (χ0n) is 14.0. The van der Waals surface area contributed by atoms with Crippen molar-refractivity contribution in [2.24, 2.45) is 0 Å². The molecule has 5 nitrogen and oxygen atoms in total. The minimum atomic E-state index is -0.632. The number of amides is 1. The maximum atomic E-state index is 12.2. The van der Waals surface area contributed by atoms with Gasteiger partial charge in [0.05, 0.1) is 10.4 Å². The highest BCUT2D eigenvalue weighted by molar-refractivity contribution is 9.10. The number of ketones is 1. The minimum absolute atomic E-state index is 0.249. The van der Waals surface area contributed by atoms with Crippen molar-refractivity contribution >= 4 is 50.6 Å². The van der Waals surface area contributed by atoms with Gasteiger partial charge >= 0.3 is 5.97 Å². The summed E-state index contributed by atoms with van der Waals surface area (Å²) in [4.78, 5) is 37.0. The molecule has 27 heavy (non-hydrogen) atoms. The third kappa shape index (κ3) is 5.12. The van der Waals surface area contributed by atoms with Gasteiger partial charge in [-0.15, -0.1) is 11.3 Å². The lowest BCUT2D eigenvalue weighted by atomic mass is 10.1. The fourth-order valence-electron chi connectivity index (χ4n) is 2.26. The van der Waals surface area contributed by atoms with E-state index in [1.807, 2.05) is 5.38 Å². The number of halogens is 1. The molecule has 1 heterocycles. The van der Waals surface area contributed by atoms with Crippen molar-refractivity contribution in [2.45, 2.75) is 0 Å². The van der Waals surface area contributed by atoms with Crippen LogP contribution in [-0.4, -0.2) is 24.3 Å². The van der Waals surface area contributed by atoms with Gasteiger partial charge in [0.1, 0.15) is 0 Å².